The summed E-state index contributed by atoms with van der Waals surface area (Å²) in [6.45, 7) is 0. The summed E-state index contributed by atoms with van der Waals surface area (Å²) >= 11 is 0. The second kappa shape index (κ2) is 8.16. The number of hydrogen-bond acceptors (Lipinski definition) is 2. The molecule has 0 aliphatic heterocycles. The molecule has 4 aromatic rings. The van der Waals surface area contributed by atoms with Gasteiger partial charge in [-0.3, -0.25) is 9.59 Å². The molecule has 0 aromatic heterocycles. The van der Waals surface area contributed by atoms with Crippen molar-refractivity contribution < 1.29 is 9.59 Å². The molecule has 0 saturated carbocycles. The van der Waals surface area contributed by atoms with Gasteiger partial charge in [-0.2, -0.15) is 0 Å². The standard InChI is InChI=1S/C28H22N2O2/c29-27(31)26(25-23-12-6-4-10-21(23)22-11-5-7-13-24(22)25)30-28(32)20-16-14-19(15-17-20)18-8-2-1-3-9-18/h1-17,25-26H,(H2,29,31)(H,30,32)/t26-/m1/s1. The molecule has 4 nitrogen and oxygen atoms in total. The molecular formula is C28H22N2O2. The Hall–Kier alpha value is -4.18. The average molecular weight is 418 g/mol. The van der Waals surface area contributed by atoms with Gasteiger partial charge in [0.25, 0.3) is 5.91 Å². The van der Waals surface area contributed by atoms with Crippen LogP contribution in [0.3, 0.4) is 0 Å². The highest BCUT2D eigenvalue weighted by atomic mass is 16.2. The number of primary amides is 1. The maximum absolute atomic E-state index is 13.1. The Bertz CT molecular complexity index is 1250. The highest BCUT2D eigenvalue weighted by Gasteiger charge is 2.37. The van der Waals surface area contributed by atoms with Crippen LogP contribution < -0.4 is 11.1 Å². The van der Waals surface area contributed by atoms with Crippen molar-refractivity contribution in [2.24, 2.45) is 5.73 Å². The topological polar surface area (TPSA) is 72.2 Å². The van der Waals surface area contributed by atoms with E-state index in [1.807, 2.05) is 91.0 Å². The van der Waals surface area contributed by atoms with E-state index in [1.165, 1.54) is 0 Å². The van der Waals surface area contributed by atoms with Gasteiger partial charge in [0, 0.05) is 11.5 Å². The molecule has 0 bridgehead atoms. The third kappa shape index (κ3) is 3.46. The SMILES string of the molecule is NC(=O)[C@H](NC(=O)c1ccc(-c2ccccc2)cc1)C1c2ccccc2-c2ccccc21. The van der Waals surface area contributed by atoms with E-state index in [0.717, 1.165) is 33.4 Å². The molecule has 0 fully saturated rings. The van der Waals surface area contributed by atoms with Crippen molar-refractivity contribution in [3.8, 4) is 22.3 Å². The molecule has 4 heteroatoms. The lowest BCUT2D eigenvalue weighted by molar-refractivity contribution is -0.120. The van der Waals surface area contributed by atoms with Crippen molar-refractivity contribution in [1.29, 1.82) is 0 Å². The number of rotatable bonds is 5. The zero-order valence-corrected chi connectivity index (χ0v) is 17.4. The van der Waals surface area contributed by atoms with E-state index in [-0.39, 0.29) is 11.8 Å². The van der Waals surface area contributed by atoms with Crippen molar-refractivity contribution in [3.05, 3.63) is 120 Å². The van der Waals surface area contributed by atoms with E-state index in [0.29, 0.717) is 5.56 Å². The molecular weight excluding hydrogens is 396 g/mol. The monoisotopic (exact) mass is 418 g/mol. The average Bonchev–Trinajstić information content (AvgIpc) is 3.17. The summed E-state index contributed by atoms with van der Waals surface area (Å²) in [4.78, 5) is 25.6. The quantitative estimate of drug-likeness (QED) is 0.491. The van der Waals surface area contributed by atoms with Crippen LogP contribution >= 0.6 is 0 Å². The lowest BCUT2D eigenvalue weighted by Gasteiger charge is -2.24. The Morgan fingerprint density at radius 3 is 1.72 bits per heavy atom. The van der Waals surface area contributed by atoms with Crippen LogP contribution in [0.2, 0.25) is 0 Å². The molecule has 1 aliphatic carbocycles. The van der Waals surface area contributed by atoms with Crippen molar-refractivity contribution in [2.45, 2.75) is 12.0 Å². The lowest BCUT2D eigenvalue weighted by Crippen LogP contribution is -2.48. The number of fused-ring (bicyclic) bond motifs is 3. The summed E-state index contributed by atoms with van der Waals surface area (Å²) in [7, 11) is 0. The predicted octanol–water partition coefficient (Wildman–Crippen LogP) is 4.75. The van der Waals surface area contributed by atoms with Gasteiger partial charge >= 0.3 is 0 Å². The summed E-state index contributed by atoms with van der Waals surface area (Å²) in [6, 6.07) is 32.4. The fraction of sp³-hybridized carbons (Fsp3) is 0.0714. The minimum absolute atomic E-state index is 0.324. The maximum atomic E-state index is 13.1. The molecule has 4 aromatic carbocycles. The first kappa shape index (κ1) is 19.8. The third-order valence-corrected chi connectivity index (χ3v) is 6.06. The van der Waals surface area contributed by atoms with Crippen LogP contribution in [-0.2, 0) is 4.79 Å². The molecule has 156 valence electrons. The van der Waals surface area contributed by atoms with Crippen LogP contribution in [0.5, 0.6) is 0 Å². The maximum Gasteiger partial charge on any atom is 0.251 e. The third-order valence-electron chi connectivity index (χ3n) is 6.06. The highest BCUT2D eigenvalue weighted by Crippen LogP contribution is 2.46. The van der Waals surface area contributed by atoms with Gasteiger partial charge in [-0.05, 0) is 45.5 Å². The highest BCUT2D eigenvalue weighted by molar-refractivity contribution is 5.99. The second-order valence-corrected chi connectivity index (χ2v) is 7.95. The minimum atomic E-state index is -0.860. The number of hydrogen-bond donors (Lipinski definition) is 2. The van der Waals surface area contributed by atoms with Gasteiger partial charge in [-0.25, -0.2) is 0 Å². The van der Waals surface area contributed by atoms with E-state index >= 15 is 0 Å². The van der Waals surface area contributed by atoms with Crippen molar-refractivity contribution in [1.82, 2.24) is 5.32 Å². The van der Waals surface area contributed by atoms with Crippen molar-refractivity contribution in [3.63, 3.8) is 0 Å². The van der Waals surface area contributed by atoms with Crippen LogP contribution in [-0.4, -0.2) is 17.9 Å². The van der Waals surface area contributed by atoms with Crippen molar-refractivity contribution >= 4 is 11.8 Å². The first-order chi connectivity index (χ1) is 15.6. The normalized spacial score (nSPS) is 13.1. The van der Waals surface area contributed by atoms with Crippen LogP contribution in [0, 0.1) is 0 Å². The number of nitrogens with one attached hydrogen (secondary N) is 1. The molecule has 0 radical (unpaired) electrons. The smallest absolute Gasteiger partial charge is 0.251 e. The molecule has 5 rings (SSSR count). The minimum Gasteiger partial charge on any atom is -0.368 e. The fourth-order valence-electron chi connectivity index (χ4n) is 4.54. The van der Waals surface area contributed by atoms with Gasteiger partial charge in [0.15, 0.2) is 0 Å². The van der Waals surface area contributed by atoms with Crippen molar-refractivity contribution in [2.75, 3.05) is 0 Å². The molecule has 0 saturated heterocycles. The van der Waals surface area contributed by atoms with E-state index in [2.05, 4.69) is 5.32 Å². The van der Waals surface area contributed by atoms with Crippen LogP contribution in [0.25, 0.3) is 22.3 Å². The molecule has 0 heterocycles. The summed E-state index contributed by atoms with van der Waals surface area (Å²) in [5, 5.41) is 2.90. The molecule has 32 heavy (non-hydrogen) atoms. The summed E-state index contributed by atoms with van der Waals surface area (Å²) in [6.07, 6.45) is 0. The van der Waals surface area contributed by atoms with Gasteiger partial charge in [-0.1, -0.05) is 91.0 Å². The number of amides is 2. The van der Waals surface area contributed by atoms with E-state index in [4.69, 9.17) is 5.73 Å². The number of carbonyl (C=O) groups is 2. The van der Waals surface area contributed by atoms with Gasteiger partial charge in [0.2, 0.25) is 5.91 Å². The van der Waals surface area contributed by atoms with E-state index in [1.54, 1.807) is 12.1 Å². The van der Waals surface area contributed by atoms with E-state index in [9.17, 15) is 9.59 Å². The lowest BCUT2D eigenvalue weighted by atomic mass is 9.88. The predicted molar refractivity (Wildman–Crippen MR) is 126 cm³/mol. The second-order valence-electron chi connectivity index (χ2n) is 7.95. The summed E-state index contributed by atoms with van der Waals surface area (Å²) < 4.78 is 0. The van der Waals surface area contributed by atoms with E-state index < -0.39 is 11.9 Å². The van der Waals surface area contributed by atoms with Gasteiger partial charge < -0.3 is 11.1 Å². The molecule has 3 N–H and O–H groups in total. The molecule has 1 atom stereocenters. The number of nitrogens with two attached hydrogens (primary N) is 1. The fourth-order valence-corrected chi connectivity index (χ4v) is 4.54. The zero-order valence-electron chi connectivity index (χ0n) is 17.4. The summed E-state index contributed by atoms with van der Waals surface area (Å²) in [5.74, 6) is -1.21. The van der Waals surface area contributed by atoms with Crippen LogP contribution in [0.4, 0.5) is 0 Å². The Balaban J connectivity index is 1.45. The van der Waals surface area contributed by atoms with Crippen LogP contribution in [0.15, 0.2) is 103 Å². The molecule has 0 spiro atoms. The Morgan fingerprint density at radius 2 is 1.16 bits per heavy atom. The zero-order chi connectivity index (χ0) is 22.1. The first-order valence-corrected chi connectivity index (χ1v) is 10.6. The summed E-state index contributed by atoms with van der Waals surface area (Å²) in [5.41, 5.74) is 12.5. The number of carbonyl (C=O) groups excluding carboxylic acids is 2. The Morgan fingerprint density at radius 1 is 0.656 bits per heavy atom. The number of benzene rings is 4. The van der Waals surface area contributed by atoms with Crippen LogP contribution in [0.1, 0.15) is 27.4 Å². The van der Waals surface area contributed by atoms with Gasteiger partial charge in [0.1, 0.15) is 6.04 Å². The Kier molecular flexibility index (Phi) is 5.04. The largest absolute Gasteiger partial charge is 0.368 e. The molecule has 2 amide bonds. The van der Waals surface area contributed by atoms with Gasteiger partial charge in [-0.15, -0.1) is 0 Å². The molecule has 1 aliphatic rings. The first-order valence-electron chi connectivity index (χ1n) is 10.6. The van der Waals surface area contributed by atoms with Gasteiger partial charge in [0.05, 0.1) is 0 Å². The molecule has 0 unspecified atom stereocenters. The Labute approximate surface area is 186 Å².